The van der Waals surface area contributed by atoms with E-state index in [-0.39, 0.29) is 29.5 Å². The molecule has 2 aromatic rings. The van der Waals surface area contributed by atoms with Crippen LogP contribution in [0.2, 0.25) is 0 Å². The number of rotatable bonds is 10. The van der Waals surface area contributed by atoms with Crippen molar-refractivity contribution in [2.24, 2.45) is 5.92 Å². The largest absolute Gasteiger partial charge is 0.433 e. The van der Waals surface area contributed by atoms with Gasteiger partial charge in [-0.1, -0.05) is 19.9 Å². The van der Waals surface area contributed by atoms with Crippen LogP contribution in [0.5, 0.6) is 11.5 Å². The summed E-state index contributed by atoms with van der Waals surface area (Å²) >= 11 is 0. The number of alkyl halides is 4. The Balaban J connectivity index is 2.38. The van der Waals surface area contributed by atoms with Gasteiger partial charge in [-0.25, -0.2) is 8.42 Å². The molecule has 1 atom stereocenters. The summed E-state index contributed by atoms with van der Waals surface area (Å²) in [6.45, 7) is 4.13. The van der Waals surface area contributed by atoms with Gasteiger partial charge in [-0.15, -0.1) is 0 Å². The molecule has 0 saturated heterocycles. The average Bonchev–Trinajstić information content (AvgIpc) is 2.57. The van der Waals surface area contributed by atoms with Crippen molar-refractivity contribution in [2.75, 3.05) is 10.0 Å². The van der Waals surface area contributed by atoms with Crippen LogP contribution in [0.25, 0.3) is 0 Å². The van der Waals surface area contributed by atoms with Crippen LogP contribution in [-0.2, 0) is 14.8 Å². The second-order valence-electron chi connectivity index (χ2n) is 7.51. The van der Waals surface area contributed by atoms with E-state index in [0.29, 0.717) is 6.92 Å². The van der Waals surface area contributed by atoms with Crippen molar-refractivity contribution in [1.82, 2.24) is 0 Å². The molecule has 0 aliphatic heterocycles. The predicted octanol–water partition coefficient (Wildman–Crippen LogP) is 5.27. The number of carbonyl (C=O) groups excluding carboxylic acids is 1. The van der Waals surface area contributed by atoms with Crippen LogP contribution in [0, 0.1) is 5.92 Å². The van der Waals surface area contributed by atoms with Gasteiger partial charge in [0.15, 0.2) is 0 Å². The van der Waals surface area contributed by atoms with Crippen LogP contribution >= 0.6 is 9.24 Å². The fourth-order valence-electron chi connectivity index (χ4n) is 2.66. The Morgan fingerprint density at radius 3 is 2.30 bits per heavy atom. The summed E-state index contributed by atoms with van der Waals surface area (Å²) in [5.74, 6) is -5.23. The molecule has 0 heterocycles. The number of benzene rings is 2. The predicted molar refractivity (Wildman–Crippen MR) is 118 cm³/mol. The smallest absolute Gasteiger partial charge is 0.408 e. The highest BCUT2D eigenvalue weighted by atomic mass is 32.2. The van der Waals surface area contributed by atoms with Gasteiger partial charge in [0.25, 0.3) is 10.0 Å². The SMILES string of the molecule is CC(C)CC(=O)Nc1ccc(S(=O)(=O)Nc2cccc(OC(C)(F)F)c2)c(OC(F)(F)P)c1. The molecule has 1 amide bonds. The van der Waals surface area contributed by atoms with Gasteiger partial charge in [0.1, 0.15) is 16.4 Å². The molecule has 2 aromatic carbocycles. The molecule has 33 heavy (non-hydrogen) atoms. The molecular weight excluding hydrogens is 487 g/mol. The lowest BCUT2D eigenvalue weighted by Crippen LogP contribution is -2.21. The normalized spacial score (nSPS) is 12.4. The number of amides is 1. The Morgan fingerprint density at radius 1 is 1.06 bits per heavy atom. The number of hydrogen-bond donors (Lipinski definition) is 2. The first kappa shape index (κ1) is 26.7. The van der Waals surface area contributed by atoms with Gasteiger partial charge in [0.05, 0.1) is 5.69 Å². The first-order chi connectivity index (χ1) is 15.0. The summed E-state index contributed by atoms with van der Waals surface area (Å²) in [6, 6.07) is 7.83. The molecule has 0 radical (unpaired) electrons. The molecule has 13 heteroatoms. The summed E-state index contributed by atoms with van der Waals surface area (Å²) in [5.41, 5.74) is -0.112. The molecule has 182 valence electrons. The second-order valence-corrected chi connectivity index (χ2v) is 9.84. The van der Waals surface area contributed by atoms with Crippen LogP contribution in [0.15, 0.2) is 47.4 Å². The van der Waals surface area contributed by atoms with Crippen molar-refractivity contribution in [3.8, 4) is 11.5 Å². The van der Waals surface area contributed by atoms with Crippen LogP contribution in [0.4, 0.5) is 28.9 Å². The van der Waals surface area contributed by atoms with Gasteiger partial charge in [-0.05, 0) is 39.4 Å². The lowest BCUT2D eigenvalue weighted by molar-refractivity contribution is -0.158. The van der Waals surface area contributed by atoms with E-state index in [4.69, 9.17) is 0 Å². The molecule has 0 spiro atoms. The number of anilines is 2. The van der Waals surface area contributed by atoms with Gasteiger partial charge in [0.2, 0.25) is 5.91 Å². The molecular formula is C20H23F4N2O5PS. The van der Waals surface area contributed by atoms with E-state index in [1.54, 1.807) is 0 Å². The quantitative estimate of drug-likeness (QED) is 0.336. The summed E-state index contributed by atoms with van der Waals surface area (Å²) in [4.78, 5) is 11.3. The molecule has 2 N–H and O–H groups in total. The Morgan fingerprint density at radius 2 is 1.73 bits per heavy atom. The first-order valence-electron chi connectivity index (χ1n) is 9.53. The zero-order valence-electron chi connectivity index (χ0n) is 17.9. The number of carbonyl (C=O) groups is 1. The van der Waals surface area contributed by atoms with Crippen molar-refractivity contribution in [3.63, 3.8) is 0 Å². The molecule has 0 fully saturated rings. The molecule has 0 aromatic heterocycles. The number of nitrogens with one attached hydrogen (secondary N) is 2. The number of hydrogen-bond acceptors (Lipinski definition) is 5. The zero-order chi connectivity index (χ0) is 25.0. The van der Waals surface area contributed by atoms with Gasteiger partial charge in [0, 0.05) is 31.2 Å². The number of ether oxygens (including phenoxy) is 2. The van der Waals surface area contributed by atoms with Crippen molar-refractivity contribution >= 4 is 36.5 Å². The summed E-state index contributed by atoms with van der Waals surface area (Å²) in [6.07, 6.45) is -3.34. The van der Waals surface area contributed by atoms with E-state index in [1.807, 2.05) is 13.8 Å². The fraction of sp³-hybridized carbons (Fsp3) is 0.350. The van der Waals surface area contributed by atoms with E-state index in [1.165, 1.54) is 24.3 Å². The summed E-state index contributed by atoms with van der Waals surface area (Å²) in [5, 5.41) is 2.48. The minimum atomic E-state index is -4.51. The monoisotopic (exact) mass is 510 g/mol. The molecule has 2 rings (SSSR count). The number of sulfonamides is 1. The third-order valence-corrected chi connectivity index (χ3v) is 5.28. The van der Waals surface area contributed by atoms with Crippen molar-refractivity contribution in [1.29, 1.82) is 0 Å². The Hall–Kier alpha value is -2.59. The first-order valence-corrected chi connectivity index (χ1v) is 11.6. The molecule has 7 nitrogen and oxygen atoms in total. The van der Waals surface area contributed by atoms with Crippen LogP contribution in [0.3, 0.4) is 0 Å². The minimum absolute atomic E-state index is 0.0355. The second kappa shape index (κ2) is 10.1. The molecule has 1 unspecified atom stereocenters. The van der Waals surface area contributed by atoms with Gasteiger partial charge < -0.3 is 14.8 Å². The van der Waals surface area contributed by atoms with E-state index >= 15 is 0 Å². The maximum Gasteiger partial charge on any atom is 0.408 e. The Labute approximate surface area is 191 Å². The Kier molecular flexibility index (Phi) is 8.18. The third-order valence-electron chi connectivity index (χ3n) is 3.74. The van der Waals surface area contributed by atoms with E-state index in [2.05, 4.69) is 19.5 Å². The Bertz CT molecular complexity index is 1100. The van der Waals surface area contributed by atoms with Crippen molar-refractivity contribution < 1.29 is 40.2 Å². The van der Waals surface area contributed by atoms with E-state index < -0.39 is 38.5 Å². The molecule has 0 aliphatic carbocycles. The average molecular weight is 510 g/mol. The van der Waals surface area contributed by atoms with Crippen LogP contribution < -0.4 is 19.5 Å². The highest BCUT2D eigenvalue weighted by molar-refractivity contribution is 7.92. The third kappa shape index (κ3) is 9.05. The van der Waals surface area contributed by atoms with Gasteiger partial charge in [-0.2, -0.15) is 17.6 Å². The molecule has 0 aliphatic rings. The summed E-state index contributed by atoms with van der Waals surface area (Å²) in [7, 11) is -3.40. The highest BCUT2D eigenvalue weighted by Gasteiger charge is 2.29. The lowest BCUT2D eigenvalue weighted by atomic mass is 10.1. The van der Waals surface area contributed by atoms with Crippen LogP contribution in [-0.4, -0.2) is 26.3 Å². The van der Waals surface area contributed by atoms with Crippen LogP contribution in [0.1, 0.15) is 27.2 Å². The standard InChI is InChI=1S/C20H23F4N2O5PS/c1-12(2)9-18(27)25-13-7-8-17(16(11-13)31-20(23,24)32)33(28,29)26-14-5-4-6-15(10-14)30-19(3,21)22/h4-8,10-12,26H,9,32H2,1-3H3,(H,25,27). The molecule has 0 bridgehead atoms. The van der Waals surface area contributed by atoms with E-state index in [0.717, 1.165) is 27.4 Å². The van der Waals surface area contributed by atoms with E-state index in [9.17, 15) is 30.8 Å². The summed E-state index contributed by atoms with van der Waals surface area (Å²) < 4.78 is 89.9. The molecule has 0 saturated carbocycles. The number of halogens is 4. The lowest BCUT2D eigenvalue weighted by Gasteiger charge is -2.18. The minimum Gasteiger partial charge on any atom is -0.433 e. The maximum atomic E-state index is 13.5. The topological polar surface area (TPSA) is 93.7 Å². The maximum absolute atomic E-state index is 13.5. The highest BCUT2D eigenvalue weighted by Crippen LogP contribution is 2.35. The van der Waals surface area contributed by atoms with Crippen molar-refractivity contribution in [3.05, 3.63) is 42.5 Å². The fourth-order valence-corrected chi connectivity index (χ4v) is 3.94. The zero-order valence-corrected chi connectivity index (χ0v) is 19.8. The van der Waals surface area contributed by atoms with Crippen molar-refractivity contribution in [2.45, 2.75) is 44.0 Å². The van der Waals surface area contributed by atoms with Gasteiger partial charge in [-0.3, -0.25) is 9.52 Å². The van der Waals surface area contributed by atoms with Gasteiger partial charge >= 0.3 is 12.0 Å².